The van der Waals surface area contributed by atoms with Gasteiger partial charge in [0, 0.05) is 0 Å². The number of ether oxygens (including phenoxy) is 2. The Morgan fingerprint density at radius 2 is 1.68 bits per heavy atom. The molecule has 0 amide bonds. The van der Waals surface area contributed by atoms with E-state index in [0.717, 1.165) is 5.56 Å². The predicted octanol–water partition coefficient (Wildman–Crippen LogP) is 4.34. The smallest absolute Gasteiger partial charge is 0.338 e. The standard InChI is InChI=1S/C30H32N2O5S/c1-17(2)16-37-29(35)25-19(5)31-30-32(26(25)22-11-13-23(14-12-22)28(34)36-6)27(33)24(38-30)15-20-7-9-21(10-8-20)18(3)4/h7-15,17-18,26H,16H2,1-6H3. The van der Waals surface area contributed by atoms with E-state index in [9.17, 15) is 14.4 Å². The summed E-state index contributed by atoms with van der Waals surface area (Å²) >= 11 is 1.28. The predicted molar refractivity (Wildman–Crippen MR) is 148 cm³/mol. The highest BCUT2D eigenvalue weighted by Crippen LogP contribution is 2.31. The van der Waals surface area contributed by atoms with Crippen LogP contribution in [0.4, 0.5) is 0 Å². The number of carbonyl (C=O) groups is 2. The van der Waals surface area contributed by atoms with Gasteiger partial charge < -0.3 is 9.47 Å². The fourth-order valence-corrected chi connectivity index (χ4v) is 5.31. The highest BCUT2D eigenvalue weighted by atomic mass is 32.1. The number of methoxy groups -OCH3 is 1. The molecule has 4 rings (SSSR count). The lowest BCUT2D eigenvalue weighted by Gasteiger charge is -2.25. The van der Waals surface area contributed by atoms with Gasteiger partial charge in [-0.25, -0.2) is 14.6 Å². The van der Waals surface area contributed by atoms with Crippen LogP contribution in [-0.4, -0.2) is 30.2 Å². The topological polar surface area (TPSA) is 87.0 Å². The minimum atomic E-state index is -0.747. The van der Waals surface area contributed by atoms with Crippen molar-refractivity contribution >= 4 is 29.4 Å². The van der Waals surface area contributed by atoms with E-state index in [1.807, 2.05) is 32.1 Å². The largest absolute Gasteiger partial charge is 0.465 e. The average Bonchev–Trinajstić information content (AvgIpc) is 3.20. The first-order valence-corrected chi connectivity index (χ1v) is 13.4. The van der Waals surface area contributed by atoms with Gasteiger partial charge in [0.1, 0.15) is 0 Å². The Kier molecular flexibility index (Phi) is 8.11. The van der Waals surface area contributed by atoms with Gasteiger partial charge in [-0.05, 0) is 53.7 Å². The first kappa shape index (κ1) is 27.3. The number of benzene rings is 2. The zero-order valence-electron chi connectivity index (χ0n) is 22.5. The van der Waals surface area contributed by atoms with E-state index in [1.54, 1.807) is 35.8 Å². The molecule has 1 atom stereocenters. The molecule has 0 saturated heterocycles. The maximum absolute atomic E-state index is 13.8. The second kappa shape index (κ2) is 11.3. The van der Waals surface area contributed by atoms with Crippen LogP contribution in [-0.2, 0) is 14.3 Å². The fraction of sp³-hybridized carbons (Fsp3) is 0.333. The molecule has 0 bridgehead atoms. The molecule has 0 radical (unpaired) electrons. The lowest BCUT2D eigenvalue weighted by Crippen LogP contribution is -2.40. The number of fused-ring (bicyclic) bond motifs is 1. The Morgan fingerprint density at radius 3 is 2.26 bits per heavy atom. The van der Waals surface area contributed by atoms with Gasteiger partial charge >= 0.3 is 11.9 Å². The van der Waals surface area contributed by atoms with Gasteiger partial charge in [0.25, 0.3) is 5.56 Å². The van der Waals surface area contributed by atoms with Crippen molar-refractivity contribution in [3.63, 3.8) is 0 Å². The van der Waals surface area contributed by atoms with Gasteiger partial charge in [-0.1, -0.05) is 75.4 Å². The first-order valence-electron chi connectivity index (χ1n) is 12.6. The molecule has 1 aromatic heterocycles. The molecule has 2 aromatic carbocycles. The van der Waals surface area contributed by atoms with E-state index < -0.39 is 18.0 Å². The van der Waals surface area contributed by atoms with Crippen molar-refractivity contribution in [2.24, 2.45) is 10.9 Å². The summed E-state index contributed by atoms with van der Waals surface area (Å²) in [6.45, 7) is 10.2. The monoisotopic (exact) mass is 532 g/mol. The maximum Gasteiger partial charge on any atom is 0.338 e. The molecule has 0 saturated carbocycles. The van der Waals surface area contributed by atoms with Crippen molar-refractivity contribution in [2.45, 2.75) is 46.6 Å². The van der Waals surface area contributed by atoms with E-state index in [0.29, 0.717) is 37.6 Å². The molecule has 38 heavy (non-hydrogen) atoms. The molecule has 0 fully saturated rings. The Morgan fingerprint density at radius 1 is 1.03 bits per heavy atom. The van der Waals surface area contributed by atoms with Crippen LogP contribution in [0, 0.1) is 5.92 Å². The zero-order valence-corrected chi connectivity index (χ0v) is 23.3. The third-order valence-corrected chi connectivity index (χ3v) is 7.32. The number of hydrogen-bond donors (Lipinski definition) is 0. The van der Waals surface area contributed by atoms with Gasteiger partial charge in [-0.15, -0.1) is 0 Å². The number of thiazole rings is 1. The molecule has 1 aliphatic heterocycles. The summed E-state index contributed by atoms with van der Waals surface area (Å²) in [6, 6.07) is 14.1. The summed E-state index contributed by atoms with van der Waals surface area (Å²) in [4.78, 5) is 44.2. The molecule has 3 aromatic rings. The van der Waals surface area contributed by atoms with Gasteiger partial charge in [-0.3, -0.25) is 9.36 Å². The van der Waals surface area contributed by atoms with Crippen molar-refractivity contribution in [3.8, 4) is 0 Å². The van der Waals surface area contributed by atoms with Crippen LogP contribution in [0.25, 0.3) is 6.08 Å². The Bertz CT molecular complexity index is 1560. The second-order valence-electron chi connectivity index (χ2n) is 10.0. The summed E-state index contributed by atoms with van der Waals surface area (Å²) in [5.41, 5.74) is 3.72. The number of rotatable bonds is 7. The van der Waals surface area contributed by atoms with E-state index in [1.165, 1.54) is 24.0 Å². The molecular formula is C30H32N2O5S. The number of allylic oxidation sites excluding steroid dienone is 1. The van der Waals surface area contributed by atoms with Crippen molar-refractivity contribution in [2.75, 3.05) is 13.7 Å². The van der Waals surface area contributed by atoms with Crippen LogP contribution in [0.2, 0.25) is 0 Å². The van der Waals surface area contributed by atoms with Gasteiger partial charge in [0.15, 0.2) is 4.80 Å². The van der Waals surface area contributed by atoms with Crippen LogP contribution in [0.1, 0.15) is 73.6 Å². The van der Waals surface area contributed by atoms with E-state index >= 15 is 0 Å². The van der Waals surface area contributed by atoms with Crippen molar-refractivity contribution in [1.82, 2.24) is 4.57 Å². The van der Waals surface area contributed by atoms with Gasteiger partial charge in [0.2, 0.25) is 0 Å². The van der Waals surface area contributed by atoms with Crippen molar-refractivity contribution < 1.29 is 19.1 Å². The zero-order chi connectivity index (χ0) is 27.6. The van der Waals surface area contributed by atoms with Crippen LogP contribution in [0.5, 0.6) is 0 Å². The molecule has 0 N–H and O–H groups in total. The third-order valence-electron chi connectivity index (χ3n) is 6.34. The van der Waals surface area contributed by atoms with Crippen LogP contribution in [0.3, 0.4) is 0 Å². The summed E-state index contributed by atoms with van der Waals surface area (Å²) < 4.78 is 12.5. The molecule has 1 unspecified atom stereocenters. The highest BCUT2D eigenvalue weighted by Gasteiger charge is 2.33. The van der Waals surface area contributed by atoms with Crippen molar-refractivity contribution in [1.29, 1.82) is 0 Å². The fourth-order valence-electron chi connectivity index (χ4n) is 4.27. The summed E-state index contributed by atoms with van der Waals surface area (Å²) in [7, 11) is 1.32. The lowest BCUT2D eigenvalue weighted by molar-refractivity contribution is -0.140. The Hall–Kier alpha value is -3.78. The van der Waals surface area contributed by atoms with Crippen LogP contribution >= 0.6 is 11.3 Å². The Balaban J connectivity index is 1.86. The SMILES string of the molecule is COC(=O)c1ccc(C2C(C(=O)OCC(C)C)=C(C)N=c3sc(=Cc4ccc(C(C)C)cc4)c(=O)n32)cc1. The molecule has 198 valence electrons. The number of carbonyl (C=O) groups excluding carboxylic acids is 2. The summed E-state index contributed by atoms with van der Waals surface area (Å²) in [5, 5.41) is 0. The van der Waals surface area contributed by atoms with Crippen LogP contribution in [0.15, 0.2) is 69.6 Å². The molecule has 8 heteroatoms. The van der Waals surface area contributed by atoms with E-state index in [-0.39, 0.29) is 18.1 Å². The quantitative estimate of drug-likeness (QED) is 0.423. The minimum absolute atomic E-state index is 0.154. The van der Waals surface area contributed by atoms with Gasteiger partial charge in [0.05, 0.1) is 41.1 Å². The minimum Gasteiger partial charge on any atom is -0.465 e. The molecule has 7 nitrogen and oxygen atoms in total. The first-order chi connectivity index (χ1) is 18.1. The highest BCUT2D eigenvalue weighted by molar-refractivity contribution is 7.07. The molecular weight excluding hydrogens is 500 g/mol. The average molecular weight is 533 g/mol. The van der Waals surface area contributed by atoms with Crippen LogP contribution < -0.4 is 14.9 Å². The van der Waals surface area contributed by atoms with Crippen molar-refractivity contribution in [3.05, 3.63) is 102 Å². The molecule has 0 spiro atoms. The maximum atomic E-state index is 13.8. The molecule has 2 heterocycles. The molecule has 1 aliphatic rings. The third kappa shape index (κ3) is 5.55. The number of nitrogens with zero attached hydrogens (tertiary/aromatic N) is 2. The summed E-state index contributed by atoms with van der Waals surface area (Å²) in [5.74, 6) is -0.412. The molecule has 0 aliphatic carbocycles. The van der Waals surface area contributed by atoms with E-state index in [4.69, 9.17) is 9.47 Å². The normalized spacial score (nSPS) is 15.5. The van der Waals surface area contributed by atoms with Gasteiger partial charge in [-0.2, -0.15) is 0 Å². The second-order valence-corrected chi connectivity index (χ2v) is 11.0. The summed E-state index contributed by atoms with van der Waals surface area (Å²) in [6.07, 6.45) is 1.85. The Labute approximate surface area is 225 Å². The number of hydrogen-bond acceptors (Lipinski definition) is 7. The number of esters is 2. The number of aromatic nitrogens is 1. The van der Waals surface area contributed by atoms with E-state index in [2.05, 4.69) is 31.0 Å². The lowest BCUT2D eigenvalue weighted by atomic mass is 9.95.